The average Bonchev–Trinajstić information content (AvgIpc) is 3.18. The lowest BCUT2D eigenvalue weighted by atomic mass is 9.93. The number of aryl methyl sites for hydroxylation is 2. The molecule has 3 heteroatoms. The van der Waals surface area contributed by atoms with Crippen LogP contribution in [-0.2, 0) is 7.05 Å². The third-order valence-electron chi connectivity index (χ3n) is 6.33. The molecule has 0 bridgehead atoms. The summed E-state index contributed by atoms with van der Waals surface area (Å²) in [4.78, 5) is 0. The molecule has 0 amide bonds. The number of nitrogens with zero attached hydrogens (tertiary/aromatic N) is 2. The molecule has 0 saturated heterocycles. The van der Waals surface area contributed by atoms with Crippen molar-refractivity contribution in [1.82, 2.24) is 0 Å². The number of furan rings is 1. The Morgan fingerprint density at radius 1 is 0.938 bits per heavy atom. The molecule has 3 aromatic carbocycles. The fourth-order valence-corrected chi connectivity index (χ4v) is 4.54. The van der Waals surface area contributed by atoms with Gasteiger partial charge in [0.05, 0.1) is 11.1 Å². The Balaban J connectivity index is 1.80. The van der Waals surface area contributed by atoms with Crippen molar-refractivity contribution in [1.29, 1.82) is 5.26 Å². The number of hydrogen-bond acceptors (Lipinski definition) is 2. The van der Waals surface area contributed by atoms with Gasteiger partial charge >= 0.3 is 0 Å². The van der Waals surface area contributed by atoms with Gasteiger partial charge in [0, 0.05) is 28.5 Å². The Bertz CT molecular complexity index is 1520. The molecule has 5 aromatic rings. The van der Waals surface area contributed by atoms with Crippen LogP contribution in [0.25, 0.3) is 44.3 Å². The van der Waals surface area contributed by atoms with Crippen molar-refractivity contribution in [2.24, 2.45) is 7.05 Å². The first-order chi connectivity index (χ1) is 15.5. The summed E-state index contributed by atoms with van der Waals surface area (Å²) < 4.78 is 8.49. The molecule has 2 aromatic heterocycles. The van der Waals surface area contributed by atoms with E-state index in [9.17, 15) is 5.26 Å². The third kappa shape index (κ3) is 3.08. The van der Waals surface area contributed by atoms with E-state index in [-0.39, 0.29) is 0 Å². The lowest BCUT2D eigenvalue weighted by Gasteiger charge is -2.09. The van der Waals surface area contributed by atoms with Crippen molar-refractivity contribution in [3.05, 3.63) is 89.6 Å². The molecule has 2 heterocycles. The highest BCUT2D eigenvalue weighted by Crippen LogP contribution is 2.40. The highest BCUT2D eigenvalue weighted by molar-refractivity contribution is 6.13. The average molecular weight is 418 g/mol. The number of fused-ring (bicyclic) bond motifs is 3. The minimum absolute atomic E-state index is 0.473. The molecule has 0 aliphatic rings. The fraction of sp³-hybridized carbons (Fsp3) is 0.172. The minimum atomic E-state index is 0.473. The highest BCUT2D eigenvalue weighted by atomic mass is 16.3. The number of rotatable bonds is 3. The maximum absolute atomic E-state index is 10.2. The smallest absolute Gasteiger partial charge is 0.216 e. The standard InChI is InChI=1S/C29H25N2O/c1-18(2)20-9-11-21(12-10-20)22-14-15-26-28(24(22)17-30)23-13-8-19(3)27(29(23)32-26)25-7-5-6-16-31(25)4/h5-16,18H,1-4H3/q+1. The van der Waals surface area contributed by atoms with Gasteiger partial charge in [0.2, 0.25) is 5.69 Å². The summed E-state index contributed by atoms with van der Waals surface area (Å²) in [5.41, 5.74) is 8.78. The normalized spacial score (nSPS) is 11.4. The number of aromatic nitrogens is 1. The van der Waals surface area contributed by atoms with Gasteiger partial charge in [-0.1, -0.05) is 50.2 Å². The van der Waals surface area contributed by atoms with Crippen LogP contribution < -0.4 is 4.57 Å². The zero-order valence-electron chi connectivity index (χ0n) is 18.8. The van der Waals surface area contributed by atoms with Crippen molar-refractivity contribution < 1.29 is 8.98 Å². The fourth-order valence-electron chi connectivity index (χ4n) is 4.54. The van der Waals surface area contributed by atoms with Crippen molar-refractivity contribution >= 4 is 21.9 Å². The Kier molecular flexibility index (Phi) is 4.79. The molecule has 0 atom stereocenters. The van der Waals surface area contributed by atoms with Gasteiger partial charge in [-0.3, -0.25) is 0 Å². The van der Waals surface area contributed by atoms with Crippen LogP contribution in [0.15, 0.2) is 77.3 Å². The molecule has 0 saturated carbocycles. The topological polar surface area (TPSA) is 40.8 Å². The van der Waals surface area contributed by atoms with Crippen LogP contribution in [0.5, 0.6) is 0 Å². The molecule has 0 aliphatic carbocycles. The van der Waals surface area contributed by atoms with E-state index in [1.165, 1.54) is 5.56 Å². The molecule has 32 heavy (non-hydrogen) atoms. The van der Waals surface area contributed by atoms with Crippen LogP contribution in [0.4, 0.5) is 0 Å². The molecular weight excluding hydrogens is 392 g/mol. The van der Waals surface area contributed by atoms with Gasteiger partial charge in [-0.05, 0) is 47.7 Å². The first-order valence-corrected chi connectivity index (χ1v) is 10.9. The van der Waals surface area contributed by atoms with E-state index in [1.807, 2.05) is 37.5 Å². The highest BCUT2D eigenvalue weighted by Gasteiger charge is 2.22. The van der Waals surface area contributed by atoms with Crippen molar-refractivity contribution in [3.8, 4) is 28.5 Å². The zero-order valence-corrected chi connectivity index (χ0v) is 18.8. The number of pyridine rings is 1. The van der Waals surface area contributed by atoms with E-state index in [0.29, 0.717) is 11.5 Å². The van der Waals surface area contributed by atoms with E-state index < -0.39 is 0 Å². The van der Waals surface area contributed by atoms with Crippen LogP contribution in [-0.4, -0.2) is 0 Å². The zero-order chi connectivity index (χ0) is 22.4. The summed E-state index contributed by atoms with van der Waals surface area (Å²) in [5.74, 6) is 0.473. The number of nitriles is 1. The molecule has 0 N–H and O–H groups in total. The summed E-state index contributed by atoms with van der Waals surface area (Å²) in [6.45, 7) is 6.47. The van der Waals surface area contributed by atoms with Crippen LogP contribution >= 0.6 is 0 Å². The summed E-state index contributed by atoms with van der Waals surface area (Å²) in [7, 11) is 2.04. The minimum Gasteiger partial charge on any atom is -0.455 e. The third-order valence-corrected chi connectivity index (χ3v) is 6.33. The van der Waals surface area contributed by atoms with Gasteiger partial charge in [-0.2, -0.15) is 5.26 Å². The molecule has 156 valence electrons. The van der Waals surface area contributed by atoms with E-state index in [1.54, 1.807) is 0 Å². The monoisotopic (exact) mass is 417 g/mol. The lowest BCUT2D eigenvalue weighted by Crippen LogP contribution is -2.30. The van der Waals surface area contributed by atoms with Crippen molar-refractivity contribution in [2.45, 2.75) is 26.7 Å². The molecule has 0 fully saturated rings. The van der Waals surface area contributed by atoms with Gasteiger partial charge in [0.1, 0.15) is 24.3 Å². The molecule has 0 spiro atoms. The Morgan fingerprint density at radius 3 is 2.41 bits per heavy atom. The summed E-state index contributed by atoms with van der Waals surface area (Å²) in [5, 5.41) is 12.0. The van der Waals surface area contributed by atoms with E-state index in [0.717, 1.165) is 49.9 Å². The Hall–Kier alpha value is -3.90. The SMILES string of the molecule is Cc1ccc2c(oc3ccc(-c4ccc(C(C)C)cc4)c(C#N)c32)c1-c1cccc[n+]1C. The second-order valence-corrected chi connectivity index (χ2v) is 8.68. The van der Waals surface area contributed by atoms with Gasteiger partial charge in [0.15, 0.2) is 6.20 Å². The molecular formula is C29H25N2O+. The van der Waals surface area contributed by atoms with Gasteiger partial charge < -0.3 is 4.42 Å². The number of hydrogen-bond donors (Lipinski definition) is 0. The Labute approximate surface area is 188 Å². The molecule has 0 aliphatic heterocycles. The quantitative estimate of drug-likeness (QED) is 0.295. The van der Waals surface area contributed by atoms with Crippen molar-refractivity contribution in [3.63, 3.8) is 0 Å². The first kappa shape index (κ1) is 20.0. The van der Waals surface area contributed by atoms with Crippen molar-refractivity contribution in [2.75, 3.05) is 0 Å². The Morgan fingerprint density at radius 2 is 1.72 bits per heavy atom. The predicted octanol–water partition coefficient (Wildman–Crippen LogP) is 7.05. The van der Waals surface area contributed by atoms with E-state index in [2.05, 4.69) is 73.9 Å². The van der Waals surface area contributed by atoms with Crippen LogP contribution in [0.1, 0.15) is 36.5 Å². The van der Waals surface area contributed by atoms with Gasteiger partial charge in [-0.15, -0.1) is 0 Å². The lowest BCUT2D eigenvalue weighted by molar-refractivity contribution is -0.660. The molecule has 5 rings (SSSR count). The summed E-state index contributed by atoms with van der Waals surface area (Å²) in [6, 6.07) is 25.3. The first-order valence-electron chi connectivity index (χ1n) is 10.9. The maximum Gasteiger partial charge on any atom is 0.216 e. The van der Waals surface area contributed by atoms with Gasteiger partial charge in [-0.25, -0.2) is 4.57 Å². The summed E-state index contributed by atoms with van der Waals surface area (Å²) in [6.07, 6.45) is 2.04. The second-order valence-electron chi connectivity index (χ2n) is 8.68. The molecule has 3 nitrogen and oxygen atoms in total. The van der Waals surface area contributed by atoms with Crippen LogP contribution in [0.2, 0.25) is 0 Å². The second kappa shape index (κ2) is 7.66. The van der Waals surface area contributed by atoms with Crippen LogP contribution in [0.3, 0.4) is 0 Å². The molecule has 0 radical (unpaired) electrons. The molecule has 0 unspecified atom stereocenters. The largest absolute Gasteiger partial charge is 0.455 e. The maximum atomic E-state index is 10.2. The van der Waals surface area contributed by atoms with E-state index in [4.69, 9.17) is 4.42 Å². The van der Waals surface area contributed by atoms with E-state index >= 15 is 0 Å². The van der Waals surface area contributed by atoms with Crippen LogP contribution in [0, 0.1) is 18.3 Å². The number of benzene rings is 3. The van der Waals surface area contributed by atoms with Gasteiger partial charge in [0.25, 0.3) is 0 Å². The summed E-state index contributed by atoms with van der Waals surface area (Å²) >= 11 is 0. The predicted molar refractivity (Wildman–Crippen MR) is 129 cm³/mol.